The molecule has 33 heavy (non-hydrogen) atoms. The van der Waals surface area contributed by atoms with E-state index in [1.807, 2.05) is 28.5 Å². The Morgan fingerprint density at radius 2 is 1.91 bits per heavy atom. The molecule has 0 aliphatic carbocycles. The van der Waals surface area contributed by atoms with E-state index in [-0.39, 0.29) is 18.5 Å². The van der Waals surface area contributed by atoms with Crippen LogP contribution in [-0.4, -0.2) is 48.7 Å². The lowest BCUT2D eigenvalue weighted by molar-refractivity contribution is 0.0631. The molecule has 1 saturated heterocycles. The molecule has 1 amide bonds. The van der Waals surface area contributed by atoms with Gasteiger partial charge in [-0.1, -0.05) is 17.7 Å². The van der Waals surface area contributed by atoms with E-state index < -0.39 is 0 Å². The van der Waals surface area contributed by atoms with Gasteiger partial charge in [0.1, 0.15) is 18.2 Å². The van der Waals surface area contributed by atoms with Crippen LogP contribution in [0.15, 0.2) is 47.8 Å². The number of amides is 1. The fourth-order valence-electron chi connectivity index (χ4n) is 3.87. The predicted molar refractivity (Wildman–Crippen MR) is 124 cm³/mol. The number of halogens is 2. The largest absolute Gasteiger partial charge is 0.489 e. The number of benzene rings is 2. The zero-order valence-electron chi connectivity index (χ0n) is 17.8. The predicted octanol–water partition coefficient (Wildman–Crippen LogP) is 4.81. The third kappa shape index (κ3) is 4.93. The van der Waals surface area contributed by atoms with Gasteiger partial charge in [0.05, 0.1) is 4.88 Å². The number of piperazine rings is 1. The van der Waals surface area contributed by atoms with Gasteiger partial charge in [0.2, 0.25) is 6.79 Å². The molecule has 3 heterocycles. The maximum Gasteiger partial charge on any atom is 0.264 e. The summed E-state index contributed by atoms with van der Waals surface area (Å²) in [5.74, 6) is 1.78. The average Bonchev–Trinajstić information content (AvgIpc) is 3.49. The zero-order valence-corrected chi connectivity index (χ0v) is 19.3. The minimum Gasteiger partial charge on any atom is -0.489 e. The first-order chi connectivity index (χ1) is 16.1. The van der Waals surface area contributed by atoms with E-state index in [0.29, 0.717) is 72.0 Å². The van der Waals surface area contributed by atoms with Gasteiger partial charge in [-0.25, -0.2) is 4.39 Å². The molecule has 6 nitrogen and oxygen atoms in total. The van der Waals surface area contributed by atoms with E-state index >= 15 is 0 Å². The Labute approximate surface area is 200 Å². The smallest absolute Gasteiger partial charge is 0.264 e. The molecule has 0 bridgehead atoms. The number of ether oxygens (including phenoxy) is 3. The highest BCUT2D eigenvalue weighted by Gasteiger charge is 2.24. The lowest BCUT2D eigenvalue weighted by Gasteiger charge is -2.34. The maximum atomic E-state index is 14.1. The Morgan fingerprint density at radius 3 is 2.73 bits per heavy atom. The molecular formula is C24H22ClFN2O4S. The molecule has 1 aromatic heterocycles. The van der Waals surface area contributed by atoms with Crippen LogP contribution in [0.1, 0.15) is 20.8 Å². The first-order valence-corrected chi connectivity index (χ1v) is 11.9. The maximum absolute atomic E-state index is 14.1. The van der Waals surface area contributed by atoms with Gasteiger partial charge >= 0.3 is 0 Å². The molecule has 0 spiro atoms. The summed E-state index contributed by atoms with van der Waals surface area (Å²) >= 11 is 7.57. The summed E-state index contributed by atoms with van der Waals surface area (Å²) in [4.78, 5) is 17.6. The van der Waals surface area contributed by atoms with Crippen LogP contribution in [0.3, 0.4) is 0 Å². The van der Waals surface area contributed by atoms with Crippen molar-refractivity contribution >= 4 is 28.8 Å². The molecule has 0 atom stereocenters. The molecule has 3 aromatic rings. The molecule has 0 N–H and O–H groups in total. The Bertz CT molecular complexity index is 1140. The lowest BCUT2D eigenvalue weighted by Crippen LogP contribution is -2.48. The number of rotatable bonds is 6. The van der Waals surface area contributed by atoms with E-state index in [4.69, 9.17) is 25.8 Å². The van der Waals surface area contributed by atoms with Crippen molar-refractivity contribution in [2.24, 2.45) is 0 Å². The Hall–Kier alpha value is -2.81. The minimum atomic E-state index is -0.296. The molecule has 2 aliphatic heterocycles. The normalized spacial score (nSPS) is 15.6. The molecule has 0 radical (unpaired) electrons. The number of hydrogen-bond donors (Lipinski definition) is 0. The zero-order chi connectivity index (χ0) is 22.8. The van der Waals surface area contributed by atoms with Crippen molar-refractivity contribution in [3.8, 4) is 17.2 Å². The van der Waals surface area contributed by atoms with E-state index in [2.05, 4.69) is 4.90 Å². The first-order valence-electron chi connectivity index (χ1n) is 10.6. The highest BCUT2D eigenvalue weighted by molar-refractivity contribution is 7.12. The second-order valence-electron chi connectivity index (χ2n) is 7.89. The van der Waals surface area contributed by atoms with E-state index in [1.165, 1.54) is 17.4 Å². The van der Waals surface area contributed by atoms with Gasteiger partial charge < -0.3 is 19.1 Å². The van der Waals surface area contributed by atoms with Crippen molar-refractivity contribution in [2.75, 3.05) is 33.0 Å². The van der Waals surface area contributed by atoms with Crippen LogP contribution in [0, 0.1) is 5.82 Å². The van der Waals surface area contributed by atoms with Gasteiger partial charge in [-0.2, -0.15) is 0 Å². The van der Waals surface area contributed by atoms with Gasteiger partial charge in [0.25, 0.3) is 5.91 Å². The molecule has 1 fully saturated rings. The van der Waals surface area contributed by atoms with Crippen molar-refractivity contribution in [1.82, 2.24) is 9.80 Å². The number of hydrogen-bond acceptors (Lipinski definition) is 6. The van der Waals surface area contributed by atoms with Gasteiger partial charge in [-0.3, -0.25) is 9.69 Å². The summed E-state index contributed by atoms with van der Waals surface area (Å²) in [7, 11) is 0. The molecule has 172 valence electrons. The topological polar surface area (TPSA) is 51.2 Å². The van der Waals surface area contributed by atoms with Crippen molar-refractivity contribution in [1.29, 1.82) is 0 Å². The number of carbonyl (C=O) groups is 1. The van der Waals surface area contributed by atoms with Crippen molar-refractivity contribution in [3.05, 3.63) is 74.7 Å². The molecule has 0 saturated carbocycles. The second kappa shape index (κ2) is 9.59. The molecule has 0 unspecified atom stereocenters. The van der Waals surface area contributed by atoms with Gasteiger partial charge in [-0.15, -0.1) is 11.3 Å². The molecule has 5 rings (SSSR count). The number of fused-ring (bicyclic) bond motifs is 1. The lowest BCUT2D eigenvalue weighted by atomic mass is 10.1. The Kier molecular flexibility index (Phi) is 6.39. The quantitative estimate of drug-likeness (QED) is 0.498. The van der Waals surface area contributed by atoms with E-state index in [9.17, 15) is 9.18 Å². The summed E-state index contributed by atoms with van der Waals surface area (Å²) < 4.78 is 30.6. The van der Waals surface area contributed by atoms with E-state index in [0.717, 1.165) is 5.56 Å². The molecule has 9 heteroatoms. The highest BCUT2D eigenvalue weighted by Crippen LogP contribution is 2.35. The molecular weight excluding hydrogens is 467 g/mol. The van der Waals surface area contributed by atoms with Crippen LogP contribution in [0.25, 0.3) is 0 Å². The summed E-state index contributed by atoms with van der Waals surface area (Å²) in [6, 6.07) is 12.1. The third-order valence-electron chi connectivity index (χ3n) is 5.72. The second-order valence-corrected chi connectivity index (χ2v) is 9.21. The SMILES string of the molecule is O=C(c1cc(COc2ccc3c(c2)OCO3)cs1)N1CCN(Cc2c(F)cccc2Cl)CC1. The van der Waals surface area contributed by atoms with Crippen LogP contribution >= 0.6 is 22.9 Å². The monoisotopic (exact) mass is 488 g/mol. The highest BCUT2D eigenvalue weighted by atomic mass is 35.5. The van der Waals surface area contributed by atoms with Gasteiger partial charge in [0, 0.05) is 54.9 Å². The first kappa shape index (κ1) is 22.0. The summed E-state index contributed by atoms with van der Waals surface area (Å²) in [6.45, 7) is 3.54. The fraction of sp³-hybridized carbons (Fsp3) is 0.292. The molecule has 2 aliphatic rings. The van der Waals surface area contributed by atoms with Crippen molar-refractivity contribution in [3.63, 3.8) is 0 Å². The van der Waals surface area contributed by atoms with Gasteiger partial charge in [-0.05, 0) is 35.7 Å². The van der Waals surface area contributed by atoms with Crippen molar-refractivity contribution < 1.29 is 23.4 Å². The number of carbonyl (C=O) groups excluding carboxylic acids is 1. The van der Waals surface area contributed by atoms with Gasteiger partial charge in [0.15, 0.2) is 11.5 Å². The average molecular weight is 489 g/mol. The third-order valence-corrected chi connectivity index (χ3v) is 7.04. The standard InChI is InChI=1S/C24H22ClFN2O4S/c25-19-2-1-3-20(26)18(19)12-27-6-8-28(9-7-27)24(29)23-10-16(14-33-23)13-30-17-4-5-21-22(11-17)32-15-31-21/h1-5,10-11,14H,6-9,12-13,15H2. The Balaban J connectivity index is 1.13. The van der Waals surface area contributed by atoms with Crippen LogP contribution in [-0.2, 0) is 13.2 Å². The Morgan fingerprint density at radius 1 is 1.09 bits per heavy atom. The number of thiophene rings is 1. The summed E-state index contributed by atoms with van der Waals surface area (Å²) in [6.07, 6.45) is 0. The van der Waals surface area contributed by atoms with Crippen LogP contribution in [0.2, 0.25) is 5.02 Å². The molecule has 2 aromatic carbocycles. The van der Waals surface area contributed by atoms with E-state index in [1.54, 1.807) is 18.2 Å². The van der Waals surface area contributed by atoms with Crippen LogP contribution < -0.4 is 14.2 Å². The summed E-state index contributed by atoms with van der Waals surface area (Å²) in [5, 5.41) is 2.37. The van der Waals surface area contributed by atoms with Crippen LogP contribution in [0.4, 0.5) is 4.39 Å². The summed E-state index contributed by atoms with van der Waals surface area (Å²) in [5.41, 5.74) is 1.44. The fourth-order valence-corrected chi connectivity index (χ4v) is 4.96. The minimum absolute atomic E-state index is 0.0119. The van der Waals surface area contributed by atoms with Crippen LogP contribution in [0.5, 0.6) is 17.2 Å². The van der Waals surface area contributed by atoms with Crippen molar-refractivity contribution in [2.45, 2.75) is 13.2 Å². The number of nitrogens with zero attached hydrogens (tertiary/aromatic N) is 2.